The summed E-state index contributed by atoms with van der Waals surface area (Å²) < 4.78 is 0. The lowest BCUT2D eigenvalue weighted by Gasteiger charge is -2.32. The fourth-order valence-corrected chi connectivity index (χ4v) is 3.30. The zero-order valence-corrected chi connectivity index (χ0v) is 11.4. The van der Waals surface area contributed by atoms with Crippen molar-refractivity contribution < 1.29 is 0 Å². The minimum Gasteiger partial charge on any atom is -0.345 e. The lowest BCUT2D eigenvalue weighted by Crippen LogP contribution is -2.33. The molecule has 1 unspecified atom stereocenters. The maximum atomic E-state index is 6.00. The third-order valence-corrected chi connectivity index (χ3v) is 4.40. The van der Waals surface area contributed by atoms with Crippen LogP contribution in [-0.2, 0) is 0 Å². The molecule has 4 nitrogen and oxygen atoms in total. The van der Waals surface area contributed by atoms with Gasteiger partial charge < -0.3 is 16.0 Å². The average molecular weight is 258 g/mol. The summed E-state index contributed by atoms with van der Waals surface area (Å²) in [5.74, 6) is 0.685. The van der Waals surface area contributed by atoms with Gasteiger partial charge in [-0.3, -0.25) is 0 Å². The van der Waals surface area contributed by atoms with E-state index in [0.29, 0.717) is 18.0 Å². The van der Waals surface area contributed by atoms with Crippen LogP contribution in [0.2, 0.25) is 0 Å². The van der Waals surface area contributed by atoms with Crippen molar-refractivity contribution in [3.8, 4) is 0 Å². The minimum atomic E-state index is 0.406. The molecule has 1 heterocycles. The molecular formula is C15H22N4. The molecular weight excluding hydrogens is 236 g/mol. The van der Waals surface area contributed by atoms with Crippen LogP contribution in [0.4, 0.5) is 0 Å². The Bertz CT molecular complexity index is 540. The van der Waals surface area contributed by atoms with Crippen molar-refractivity contribution in [1.82, 2.24) is 15.3 Å². The van der Waals surface area contributed by atoms with Crippen LogP contribution < -0.4 is 11.1 Å². The number of aromatic amines is 1. The summed E-state index contributed by atoms with van der Waals surface area (Å²) in [6, 6.07) is 7.33. The van der Waals surface area contributed by atoms with E-state index in [1.807, 2.05) is 0 Å². The van der Waals surface area contributed by atoms with Crippen LogP contribution in [-0.4, -0.2) is 23.1 Å². The second-order valence-corrected chi connectivity index (χ2v) is 5.62. The van der Waals surface area contributed by atoms with Gasteiger partial charge >= 0.3 is 0 Å². The standard InChI is InChI=1S/C15H22N4/c1-17-15(10-2-5-12(16)6-3-10)11-4-7-13-14(8-11)19-9-18-13/h4,7-10,12,15,17H,2-3,5-6,16H2,1H3,(H,18,19). The van der Waals surface area contributed by atoms with Gasteiger partial charge in [0.25, 0.3) is 0 Å². The number of imidazole rings is 1. The third-order valence-electron chi connectivity index (χ3n) is 4.40. The maximum absolute atomic E-state index is 6.00. The highest BCUT2D eigenvalue weighted by Gasteiger charge is 2.26. The molecule has 19 heavy (non-hydrogen) atoms. The van der Waals surface area contributed by atoms with Gasteiger partial charge in [-0.2, -0.15) is 0 Å². The van der Waals surface area contributed by atoms with Crippen molar-refractivity contribution in [2.45, 2.75) is 37.8 Å². The van der Waals surface area contributed by atoms with Gasteiger partial charge in [-0.15, -0.1) is 0 Å². The molecule has 0 aliphatic heterocycles. The van der Waals surface area contributed by atoms with Gasteiger partial charge in [0.15, 0.2) is 0 Å². The van der Waals surface area contributed by atoms with E-state index < -0.39 is 0 Å². The summed E-state index contributed by atoms with van der Waals surface area (Å²) in [5, 5.41) is 3.48. The van der Waals surface area contributed by atoms with Crippen LogP contribution >= 0.6 is 0 Å². The SMILES string of the molecule is CNC(c1ccc2nc[nH]c2c1)C1CCC(N)CC1. The quantitative estimate of drug-likeness (QED) is 0.791. The molecule has 1 aliphatic rings. The Morgan fingerprint density at radius 2 is 2.11 bits per heavy atom. The summed E-state index contributed by atoms with van der Waals surface area (Å²) in [5.41, 5.74) is 9.50. The van der Waals surface area contributed by atoms with E-state index in [-0.39, 0.29) is 0 Å². The fourth-order valence-electron chi connectivity index (χ4n) is 3.30. The molecule has 0 bridgehead atoms. The second kappa shape index (κ2) is 5.31. The number of hydrogen-bond donors (Lipinski definition) is 3. The Morgan fingerprint density at radius 1 is 1.32 bits per heavy atom. The molecule has 1 aromatic carbocycles. The number of aromatic nitrogens is 2. The molecule has 0 saturated heterocycles. The zero-order valence-electron chi connectivity index (χ0n) is 11.4. The Morgan fingerprint density at radius 3 is 2.84 bits per heavy atom. The number of nitrogens with zero attached hydrogens (tertiary/aromatic N) is 1. The van der Waals surface area contributed by atoms with Crippen molar-refractivity contribution in [1.29, 1.82) is 0 Å². The molecule has 1 fully saturated rings. The van der Waals surface area contributed by atoms with E-state index in [0.717, 1.165) is 23.9 Å². The Balaban J connectivity index is 1.84. The molecule has 1 atom stereocenters. The molecule has 0 amide bonds. The predicted molar refractivity (Wildman–Crippen MR) is 77.8 cm³/mol. The molecule has 3 rings (SSSR count). The average Bonchev–Trinajstić information content (AvgIpc) is 2.89. The summed E-state index contributed by atoms with van der Waals surface area (Å²) in [6.45, 7) is 0. The lowest BCUT2D eigenvalue weighted by molar-refractivity contribution is 0.263. The summed E-state index contributed by atoms with van der Waals surface area (Å²) in [6.07, 6.45) is 6.48. The fraction of sp³-hybridized carbons (Fsp3) is 0.533. The molecule has 2 aromatic rings. The first-order valence-corrected chi connectivity index (χ1v) is 7.14. The molecule has 1 saturated carbocycles. The van der Waals surface area contributed by atoms with Crippen LogP contribution in [0.15, 0.2) is 24.5 Å². The number of rotatable bonds is 3. The van der Waals surface area contributed by atoms with Gasteiger partial charge in [-0.1, -0.05) is 6.07 Å². The Labute approximate surface area is 113 Å². The number of fused-ring (bicyclic) bond motifs is 1. The highest BCUT2D eigenvalue weighted by atomic mass is 14.9. The Kier molecular flexibility index (Phi) is 3.53. The molecule has 4 N–H and O–H groups in total. The van der Waals surface area contributed by atoms with Crippen molar-refractivity contribution in [2.75, 3.05) is 7.05 Å². The minimum absolute atomic E-state index is 0.406. The molecule has 102 valence electrons. The first-order chi connectivity index (χ1) is 9.28. The van der Waals surface area contributed by atoms with E-state index in [4.69, 9.17) is 5.73 Å². The topological polar surface area (TPSA) is 66.7 Å². The number of H-pyrrole nitrogens is 1. The number of hydrogen-bond acceptors (Lipinski definition) is 3. The van der Waals surface area contributed by atoms with Crippen LogP contribution in [0.1, 0.15) is 37.3 Å². The maximum Gasteiger partial charge on any atom is 0.0931 e. The van der Waals surface area contributed by atoms with E-state index in [9.17, 15) is 0 Å². The summed E-state index contributed by atoms with van der Waals surface area (Å²) >= 11 is 0. The molecule has 4 heteroatoms. The predicted octanol–water partition coefficient (Wildman–Crippen LogP) is 2.34. The largest absolute Gasteiger partial charge is 0.345 e. The molecule has 1 aromatic heterocycles. The summed E-state index contributed by atoms with van der Waals surface area (Å²) in [7, 11) is 2.05. The molecule has 1 aliphatic carbocycles. The number of benzene rings is 1. The summed E-state index contributed by atoms with van der Waals surface area (Å²) in [4.78, 5) is 7.46. The monoisotopic (exact) mass is 258 g/mol. The first-order valence-electron chi connectivity index (χ1n) is 7.14. The first kappa shape index (κ1) is 12.6. The van der Waals surface area contributed by atoms with Gasteiger partial charge in [0.2, 0.25) is 0 Å². The van der Waals surface area contributed by atoms with Gasteiger partial charge in [-0.25, -0.2) is 4.98 Å². The number of nitrogens with two attached hydrogens (primary N) is 1. The highest BCUT2D eigenvalue weighted by Crippen LogP contribution is 2.34. The van der Waals surface area contributed by atoms with E-state index >= 15 is 0 Å². The Hall–Kier alpha value is -1.39. The smallest absolute Gasteiger partial charge is 0.0931 e. The van der Waals surface area contributed by atoms with E-state index in [1.54, 1.807) is 6.33 Å². The van der Waals surface area contributed by atoms with Crippen molar-refractivity contribution >= 4 is 11.0 Å². The van der Waals surface area contributed by atoms with Crippen LogP contribution in [0.5, 0.6) is 0 Å². The van der Waals surface area contributed by atoms with Crippen molar-refractivity contribution in [3.63, 3.8) is 0 Å². The third kappa shape index (κ3) is 2.51. The van der Waals surface area contributed by atoms with Crippen molar-refractivity contribution in [2.24, 2.45) is 11.7 Å². The van der Waals surface area contributed by atoms with Gasteiger partial charge in [0.05, 0.1) is 17.4 Å². The second-order valence-electron chi connectivity index (χ2n) is 5.62. The van der Waals surface area contributed by atoms with E-state index in [2.05, 4.69) is 40.5 Å². The number of nitrogens with one attached hydrogen (secondary N) is 2. The normalized spacial score (nSPS) is 25.6. The van der Waals surface area contributed by atoms with Crippen LogP contribution in [0, 0.1) is 5.92 Å². The highest BCUT2D eigenvalue weighted by molar-refractivity contribution is 5.75. The van der Waals surface area contributed by atoms with Crippen LogP contribution in [0.3, 0.4) is 0 Å². The van der Waals surface area contributed by atoms with Gasteiger partial charge in [-0.05, 0) is 56.3 Å². The molecule has 0 spiro atoms. The van der Waals surface area contributed by atoms with Gasteiger partial charge in [0.1, 0.15) is 0 Å². The van der Waals surface area contributed by atoms with Crippen molar-refractivity contribution in [3.05, 3.63) is 30.1 Å². The zero-order chi connectivity index (χ0) is 13.2. The molecule has 0 radical (unpaired) electrons. The van der Waals surface area contributed by atoms with E-state index in [1.165, 1.54) is 18.4 Å². The van der Waals surface area contributed by atoms with Crippen LogP contribution in [0.25, 0.3) is 11.0 Å². The van der Waals surface area contributed by atoms with Gasteiger partial charge in [0, 0.05) is 12.1 Å². The lowest BCUT2D eigenvalue weighted by atomic mass is 9.79.